The number of urea groups is 1. The van der Waals surface area contributed by atoms with Crippen LogP contribution in [-0.2, 0) is 14.3 Å². The summed E-state index contributed by atoms with van der Waals surface area (Å²) in [6, 6.07) is -1.96. The number of esters is 1. The maximum Gasteiger partial charge on any atom is 0.326 e. The molecular formula is C13H23N3O5. The first-order valence-corrected chi connectivity index (χ1v) is 7.06. The molecule has 0 saturated heterocycles. The van der Waals surface area contributed by atoms with Crippen LogP contribution >= 0.6 is 0 Å². The third kappa shape index (κ3) is 5.99. The van der Waals surface area contributed by atoms with E-state index in [1.165, 1.54) is 7.11 Å². The third-order valence-electron chi connectivity index (χ3n) is 3.60. The minimum atomic E-state index is -1.19. The molecule has 0 radical (unpaired) electrons. The number of hydrogen-bond acceptors (Lipinski definition) is 5. The van der Waals surface area contributed by atoms with E-state index in [-0.39, 0.29) is 24.9 Å². The Hall–Kier alpha value is -1.83. The summed E-state index contributed by atoms with van der Waals surface area (Å²) in [7, 11) is 1.22. The van der Waals surface area contributed by atoms with E-state index in [9.17, 15) is 14.4 Å². The SMILES string of the molecule is COC(=O)CC[C@H](NC(=O)NC1CCCCC1N)C(=O)O. The molecule has 8 heteroatoms. The first kappa shape index (κ1) is 17.2. The number of carbonyl (C=O) groups excluding carboxylic acids is 2. The molecule has 1 aliphatic rings. The van der Waals surface area contributed by atoms with Crippen LogP contribution in [-0.4, -0.2) is 48.3 Å². The van der Waals surface area contributed by atoms with Gasteiger partial charge in [-0.05, 0) is 19.3 Å². The molecule has 0 aromatic heterocycles. The van der Waals surface area contributed by atoms with Gasteiger partial charge in [-0.1, -0.05) is 12.8 Å². The van der Waals surface area contributed by atoms with Crippen molar-refractivity contribution in [3.05, 3.63) is 0 Å². The molecule has 0 aromatic carbocycles. The zero-order valence-electron chi connectivity index (χ0n) is 12.1. The maximum absolute atomic E-state index is 11.8. The van der Waals surface area contributed by atoms with Gasteiger partial charge in [0.25, 0.3) is 0 Å². The van der Waals surface area contributed by atoms with Gasteiger partial charge in [-0.2, -0.15) is 0 Å². The van der Waals surface area contributed by atoms with Crippen molar-refractivity contribution < 1.29 is 24.2 Å². The van der Waals surface area contributed by atoms with Gasteiger partial charge in [0.1, 0.15) is 6.04 Å². The number of aliphatic carboxylic acids is 1. The fourth-order valence-electron chi connectivity index (χ4n) is 2.33. The molecule has 0 spiro atoms. The fourth-order valence-corrected chi connectivity index (χ4v) is 2.33. The molecule has 2 unspecified atom stereocenters. The van der Waals surface area contributed by atoms with E-state index in [4.69, 9.17) is 10.8 Å². The Balaban J connectivity index is 2.44. The number of rotatable bonds is 6. The van der Waals surface area contributed by atoms with Gasteiger partial charge in [-0.15, -0.1) is 0 Å². The first-order valence-electron chi connectivity index (χ1n) is 7.06. The zero-order valence-corrected chi connectivity index (χ0v) is 12.1. The molecule has 3 atom stereocenters. The highest BCUT2D eigenvalue weighted by Gasteiger charge is 2.26. The number of carbonyl (C=O) groups is 3. The van der Waals surface area contributed by atoms with Crippen LogP contribution in [0.4, 0.5) is 4.79 Å². The summed E-state index contributed by atoms with van der Waals surface area (Å²) in [6.07, 6.45) is 3.56. The molecule has 5 N–H and O–H groups in total. The van der Waals surface area contributed by atoms with Gasteiger partial charge in [0.05, 0.1) is 7.11 Å². The highest BCUT2D eigenvalue weighted by molar-refractivity contribution is 5.83. The van der Waals surface area contributed by atoms with Crippen molar-refractivity contribution in [3.63, 3.8) is 0 Å². The van der Waals surface area contributed by atoms with E-state index in [2.05, 4.69) is 15.4 Å². The average Bonchev–Trinajstić information content (AvgIpc) is 2.45. The second-order valence-corrected chi connectivity index (χ2v) is 5.18. The molecule has 21 heavy (non-hydrogen) atoms. The molecule has 1 fully saturated rings. The molecule has 1 saturated carbocycles. The lowest BCUT2D eigenvalue weighted by molar-refractivity contribution is -0.142. The second-order valence-electron chi connectivity index (χ2n) is 5.18. The predicted octanol–water partition coefficient (Wildman–Crippen LogP) is -0.0381. The van der Waals surface area contributed by atoms with E-state index < -0.39 is 24.0 Å². The number of amides is 2. The van der Waals surface area contributed by atoms with Crippen LogP contribution in [0.25, 0.3) is 0 Å². The Morgan fingerprint density at radius 3 is 2.57 bits per heavy atom. The highest BCUT2D eigenvalue weighted by Crippen LogP contribution is 2.16. The van der Waals surface area contributed by atoms with Crippen LogP contribution < -0.4 is 16.4 Å². The van der Waals surface area contributed by atoms with Crippen molar-refractivity contribution in [3.8, 4) is 0 Å². The molecule has 2 amide bonds. The average molecular weight is 301 g/mol. The predicted molar refractivity (Wildman–Crippen MR) is 74.6 cm³/mol. The summed E-state index contributed by atoms with van der Waals surface area (Å²) >= 11 is 0. The standard InChI is InChI=1S/C13H23N3O5/c1-21-11(17)7-6-10(12(18)19)16-13(20)15-9-5-3-2-4-8(9)14/h8-10H,2-7,14H2,1H3,(H,18,19)(H2,15,16,20)/t8?,9?,10-/m0/s1. The molecule has 1 aliphatic carbocycles. The quantitative estimate of drug-likeness (QED) is 0.509. The van der Waals surface area contributed by atoms with Crippen molar-refractivity contribution in [1.82, 2.24) is 10.6 Å². The van der Waals surface area contributed by atoms with Crippen molar-refractivity contribution in [2.45, 2.75) is 56.7 Å². The minimum absolute atomic E-state index is 0.0217. The van der Waals surface area contributed by atoms with Gasteiger partial charge in [-0.3, -0.25) is 4.79 Å². The number of hydrogen-bond donors (Lipinski definition) is 4. The molecular weight excluding hydrogens is 278 g/mol. The molecule has 120 valence electrons. The monoisotopic (exact) mass is 301 g/mol. The minimum Gasteiger partial charge on any atom is -0.480 e. The number of nitrogens with one attached hydrogen (secondary N) is 2. The fraction of sp³-hybridized carbons (Fsp3) is 0.769. The van der Waals surface area contributed by atoms with Crippen LogP contribution in [0.5, 0.6) is 0 Å². The number of carboxylic acids is 1. The molecule has 0 aliphatic heterocycles. The molecule has 0 heterocycles. The maximum atomic E-state index is 11.8. The van der Waals surface area contributed by atoms with Crippen molar-refractivity contribution in [2.75, 3.05) is 7.11 Å². The summed E-state index contributed by atoms with van der Waals surface area (Å²) in [4.78, 5) is 33.9. The topological polar surface area (TPSA) is 131 Å². The number of nitrogens with two attached hydrogens (primary N) is 1. The van der Waals surface area contributed by atoms with Gasteiger partial charge in [0, 0.05) is 18.5 Å². The van der Waals surface area contributed by atoms with Crippen molar-refractivity contribution in [1.29, 1.82) is 0 Å². The van der Waals surface area contributed by atoms with E-state index >= 15 is 0 Å². The largest absolute Gasteiger partial charge is 0.480 e. The number of ether oxygens (including phenoxy) is 1. The van der Waals surface area contributed by atoms with E-state index in [0.29, 0.717) is 0 Å². The molecule has 0 bridgehead atoms. The Morgan fingerprint density at radius 1 is 1.33 bits per heavy atom. The first-order chi connectivity index (χ1) is 9.93. The zero-order chi connectivity index (χ0) is 15.8. The van der Waals surface area contributed by atoms with Gasteiger partial charge < -0.3 is 26.2 Å². The van der Waals surface area contributed by atoms with Crippen LogP contribution in [0.3, 0.4) is 0 Å². The van der Waals surface area contributed by atoms with Crippen LogP contribution in [0, 0.1) is 0 Å². The normalized spacial score (nSPS) is 23.0. The van der Waals surface area contributed by atoms with Crippen LogP contribution in [0.15, 0.2) is 0 Å². The van der Waals surface area contributed by atoms with Gasteiger partial charge in [0.2, 0.25) is 0 Å². The van der Waals surface area contributed by atoms with E-state index in [0.717, 1.165) is 25.7 Å². The lowest BCUT2D eigenvalue weighted by Gasteiger charge is -2.29. The summed E-state index contributed by atoms with van der Waals surface area (Å²) in [5, 5.41) is 14.1. The van der Waals surface area contributed by atoms with Crippen molar-refractivity contribution in [2.24, 2.45) is 5.73 Å². The summed E-state index contributed by atoms with van der Waals surface area (Å²) in [6.45, 7) is 0. The molecule has 1 rings (SSSR count). The lowest BCUT2D eigenvalue weighted by Crippen LogP contribution is -2.54. The Labute approximate surface area is 123 Å². The number of carboxylic acid groups (broad SMARTS) is 1. The Morgan fingerprint density at radius 2 is 2.00 bits per heavy atom. The summed E-state index contributed by atoms with van der Waals surface area (Å²) in [5.74, 6) is -1.71. The number of methoxy groups -OCH3 is 1. The van der Waals surface area contributed by atoms with Crippen molar-refractivity contribution >= 4 is 18.0 Å². The summed E-state index contributed by atoms with van der Waals surface area (Å²) < 4.78 is 4.44. The van der Waals surface area contributed by atoms with Crippen LogP contribution in [0.1, 0.15) is 38.5 Å². The third-order valence-corrected chi connectivity index (χ3v) is 3.60. The van der Waals surface area contributed by atoms with Gasteiger partial charge in [0.15, 0.2) is 0 Å². The summed E-state index contributed by atoms with van der Waals surface area (Å²) in [5.41, 5.74) is 5.91. The lowest BCUT2D eigenvalue weighted by atomic mass is 9.91. The van der Waals surface area contributed by atoms with E-state index in [1.807, 2.05) is 0 Å². The highest BCUT2D eigenvalue weighted by atomic mass is 16.5. The van der Waals surface area contributed by atoms with Gasteiger partial charge in [-0.25, -0.2) is 9.59 Å². The Bertz CT molecular complexity index is 388. The second kappa shape index (κ2) is 8.46. The van der Waals surface area contributed by atoms with Crippen LogP contribution in [0.2, 0.25) is 0 Å². The molecule has 8 nitrogen and oxygen atoms in total. The van der Waals surface area contributed by atoms with Gasteiger partial charge >= 0.3 is 18.0 Å². The Kier molecular flexibility index (Phi) is 6.93. The smallest absolute Gasteiger partial charge is 0.326 e. The molecule has 0 aromatic rings. The van der Waals surface area contributed by atoms with E-state index in [1.54, 1.807) is 0 Å².